The number of benzene rings is 3. The van der Waals surface area contributed by atoms with Gasteiger partial charge in [0.1, 0.15) is 5.75 Å². The summed E-state index contributed by atoms with van der Waals surface area (Å²) >= 11 is 5.96. The first kappa shape index (κ1) is 21.9. The van der Waals surface area contributed by atoms with Crippen LogP contribution in [0.15, 0.2) is 66.7 Å². The molecule has 4 rings (SSSR count). The van der Waals surface area contributed by atoms with Crippen molar-refractivity contribution >= 4 is 28.5 Å². The maximum Gasteiger partial charge on any atom is 0.120 e. The number of carboxylic acids is 1. The molecule has 0 atom stereocenters. The van der Waals surface area contributed by atoms with E-state index in [0.29, 0.717) is 36.0 Å². The van der Waals surface area contributed by atoms with Crippen molar-refractivity contribution in [3.63, 3.8) is 0 Å². The van der Waals surface area contributed by atoms with Crippen molar-refractivity contribution in [2.45, 2.75) is 26.6 Å². The van der Waals surface area contributed by atoms with Gasteiger partial charge in [0.15, 0.2) is 0 Å². The van der Waals surface area contributed by atoms with Gasteiger partial charge in [0.2, 0.25) is 0 Å². The summed E-state index contributed by atoms with van der Waals surface area (Å²) in [6.07, 6.45) is 0. The van der Waals surface area contributed by atoms with E-state index >= 15 is 0 Å². The molecule has 0 aliphatic carbocycles. The van der Waals surface area contributed by atoms with Crippen LogP contribution in [0.3, 0.4) is 0 Å². The number of nitrogens with one attached hydrogen (secondary N) is 1. The zero-order chi connectivity index (χ0) is 22.7. The number of aryl methyl sites for hydroxylation is 1. The van der Waals surface area contributed by atoms with Crippen LogP contribution in [-0.4, -0.2) is 17.6 Å². The van der Waals surface area contributed by atoms with E-state index in [1.165, 1.54) is 0 Å². The van der Waals surface area contributed by atoms with Crippen LogP contribution in [0.5, 0.6) is 5.75 Å². The third-order valence-electron chi connectivity index (χ3n) is 5.70. The third-order valence-corrected chi connectivity index (χ3v) is 5.96. The lowest BCUT2D eigenvalue weighted by Gasteiger charge is -2.15. The maximum atomic E-state index is 12.3. The molecule has 5 nitrogen and oxygen atoms in total. The number of carbonyl (C=O) groups excluding carboxylic acids is 1. The van der Waals surface area contributed by atoms with E-state index in [4.69, 9.17) is 16.3 Å². The molecule has 1 N–H and O–H groups in total. The fourth-order valence-corrected chi connectivity index (χ4v) is 4.12. The predicted octanol–water partition coefficient (Wildman–Crippen LogP) is 4.31. The number of aromatic carboxylic acids is 1. The molecule has 0 saturated carbocycles. The smallest absolute Gasteiger partial charge is 0.120 e. The number of carbonyl (C=O) groups is 1. The van der Waals surface area contributed by atoms with Crippen molar-refractivity contribution < 1.29 is 14.6 Å². The van der Waals surface area contributed by atoms with Gasteiger partial charge in [-0.1, -0.05) is 48.0 Å². The number of hydrogen-bond acceptors (Lipinski definition) is 4. The average molecular weight is 448 g/mol. The first-order chi connectivity index (χ1) is 15.5. The standard InChI is InChI=1S/C26H25ClN2O3/c1-17-5-3-4-6-19(17)16-29-24-13-21(32-2)11-12-22(24)23(25(29)26(30)31)15-28-14-18-7-9-20(27)10-8-18/h3-13,28H,14-16H2,1-2H3,(H,30,31)/p-1. The number of carboxylic acid groups (broad SMARTS) is 1. The number of hydrogen-bond donors (Lipinski definition) is 1. The molecule has 0 saturated heterocycles. The number of nitrogens with zero attached hydrogens (tertiary/aromatic N) is 1. The summed E-state index contributed by atoms with van der Waals surface area (Å²) in [5.41, 5.74) is 4.90. The Kier molecular flexibility index (Phi) is 6.49. The fourth-order valence-electron chi connectivity index (χ4n) is 4.00. The summed E-state index contributed by atoms with van der Waals surface area (Å²) in [6.45, 7) is 3.42. The van der Waals surface area contributed by atoms with Gasteiger partial charge < -0.3 is 24.5 Å². The van der Waals surface area contributed by atoms with Crippen LogP contribution < -0.4 is 15.2 Å². The van der Waals surface area contributed by atoms with Crippen molar-refractivity contribution in [1.29, 1.82) is 0 Å². The molecular weight excluding hydrogens is 424 g/mol. The van der Waals surface area contributed by atoms with Gasteiger partial charge >= 0.3 is 0 Å². The van der Waals surface area contributed by atoms with Gasteiger partial charge in [-0.15, -0.1) is 0 Å². The number of fused-ring (bicyclic) bond motifs is 1. The maximum absolute atomic E-state index is 12.3. The van der Waals surface area contributed by atoms with Gasteiger partial charge in [-0.05, 0) is 47.9 Å². The molecule has 1 heterocycles. The molecule has 6 heteroatoms. The normalized spacial score (nSPS) is 11.1. The lowest BCUT2D eigenvalue weighted by molar-refractivity contribution is -0.255. The molecule has 0 aliphatic rings. The predicted molar refractivity (Wildman–Crippen MR) is 125 cm³/mol. The highest BCUT2D eigenvalue weighted by atomic mass is 35.5. The van der Waals surface area contributed by atoms with Gasteiger partial charge in [-0.2, -0.15) is 0 Å². The van der Waals surface area contributed by atoms with Crippen molar-refractivity contribution in [2.75, 3.05) is 7.11 Å². The molecule has 32 heavy (non-hydrogen) atoms. The molecule has 0 fully saturated rings. The van der Waals surface area contributed by atoms with E-state index < -0.39 is 5.97 Å². The van der Waals surface area contributed by atoms with E-state index in [9.17, 15) is 9.90 Å². The Labute approximate surface area is 192 Å². The number of methoxy groups -OCH3 is 1. The van der Waals surface area contributed by atoms with Crippen molar-refractivity contribution in [1.82, 2.24) is 9.88 Å². The molecule has 4 aromatic rings. The van der Waals surface area contributed by atoms with Crippen molar-refractivity contribution in [3.8, 4) is 5.75 Å². The second-order valence-electron chi connectivity index (χ2n) is 7.74. The lowest BCUT2D eigenvalue weighted by Crippen LogP contribution is -2.28. The molecule has 164 valence electrons. The Balaban J connectivity index is 1.75. The summed E-state index contributed by atoms with van der Waals surface area (Å²) < 4.78 is 7.22. The van der Waals surface area contributed by atoms with Gasteiger partial charge in [0.05, 0.1) is 24.3 Å². The molecule has 0 aliphatic heterocycles. The summed E-state index contributed by atoms with van der Waals surface area (Å²) in [5.74, 6) is -0.524. The Morgan fingerprint density at radius 2 is 1.81 bits per heavy atom. The molecule has 0 spiro atoms. The number of aromatic nitrogens is 1. The minimum atomic E-state index is -1.20. The first-order valence-electron chi connectivity index (χ1n) is 10.4. The van der Waals surface area contributed by atoms with E-state index in [0.717, 1.165) is 27.6 Å². The zero-order valence-electron chi connectivity index (χ0n) is 18.0. The first-order valence-corrected chi connectivity index (χ1v) is 10.8. The second kappa shape index (κ2) is 9.47. The van der Waals surface area contributed by atoms with E-state index in [-0.39, 0.29) is 5.69 Å². The number of ether oxygens (including phenoxy) is 1. The van der Waals surface area contributed by atoms with Crippen LogP contribution in [0.4, 0.5) is 0 Å². The SMILES string of the molecule is COc1ccc2c(CNCc3ccc(Cl)cc3)c(C(=O)[O-])n(Cc3ccccc3C)c2c1. The monoisotopic (exact) mass is 447 g/mol. The van der Waals surface area contributed by atoms with Crippen LogP contribution >= 0.6 is 11.6 Å². The van der Waals surface area contributed by atoms with Crippen LogP contribution in [0, 0.1) is 6.92 Å². The molecule has 0 amide bonds. The number of rotatable bonds is 8. The number of halogens is 1. The Morgan fingerprint density at radius 3 is 2.50 bits per heavy atom. The molecular formula is C26H24ClN2O3-. The van der Waals surface area contributed by atoms with Crippen LogP contribution in [-0.2, 0) is 19.6 Å². The molecule has 0 radical (unpaired) electrons. The summed E-state index contributed by atoms with van der Waals surface area (Å²) in [6, 6.07) is 21.2. The lowest BCUT2D eigenvalue weighted by atomic mass is 10.1. The van der Waals surface area contributed by atoms with E-state index in [2.05, 4.69) is 5.32 Å². The minimum absolute atomic E-state index is 0.181. The topological polar surface area (TPSA) is 66.3 Å². The van der Waals surface area contributed by atoms with Crippen LogP contribution in [0.1, 0.15) is 32.7 Å². The van der Waals surface area contributed by atoms with E-state index in [1.807, 2.05) is 78.2 Å². The molecule has 0 bridgehead atoms. The summed E-state index contributed by atoms with van der Waals surface area (Å²) in [4.78, 5) is 12.3. The Morgan fingerprint density at radius 1 is 1.06 bits per heavy atom. The van der Waals surface area contributed by atoms with Crippen LogP contribution in [0.2, 0.25) is 5.02 Å². The largest absolute Gasteiger partial charge is 0.543 e. The quantitative estimate of drug-likeness (QED) is 0.437. The minimum Gasteiger partial charge on any atom is -0.543 e. The molecule has 1 aromatic heterocycles. The highest BCUT2D eigenvalue weighted by Crippen LogP contribution is 2.31. The highest BCUT2D eigenvalue weighted by Gasteiger charge is 2.19. The fraction of sp³-hybridized carbons (Fsp3) is 0.192. The highest BCUT2D eigenvalue weighted by molar-refractivity contribution is 6.30. The van der Waals surface area contributed by atoms with Gasteiger partial charge in [-0.25, -0.2) is 0 Å². The second-order valence-corrected chi connectivity index (χ2v) is 8.18. The van der Waals surface area contributed by atoms with Crippen LogP contribution in [0.25, 0.3) is 10.9 Å². The van der Waals surface area contributed by atoms with Gasteiger partial charge in [0, 0.05) is 41.7 Å². The summed E-state index contributed by atoms with van der Waals surface area (Å²) in [5, 5.41) is 17.2. The van der Waals surface area contributed by atoms with Gasteiger partial charge in [-0.3, -0.25) is 0 Å². The van der Waals surface area contributed by atoms with Crippen molar-refractivity contribution in [3.05, 3.63) is 99.7 Å². The van der Waals surface area contributed by atoms with Gasteiger partial charge in [0.25, 0.3) is 0 Å². The van der Waals surface area contributed by atoms with Crippen molar-refractivity contribution in [2.24, 2.45) is 0 Å². The Hall–Kier alpha value is -3.28. The molecule has 3 aromatic carbocycles. The zero-order valence-corrected chi connectivity index (χ0v) is 18.8. The average Bonchev–Trinajstić information content (AvgIpc) is 3.09. The Bertz CT molecular complexity index is 1260. The third kappa shape index (κ3) is 4.49. The molecule has 0 unspecified atom stereocenters. The summed E-state index contributed by atoms with van der Waals surface area (Å²) in [7, 11) is 1.60. The van der Waals surface area contributed by atoms with E-state index in [1.54, 1.807) is 7.11 Å².